The molecule has 3 aromatic rings. The summed E-state index contributed by atoms with van der Waals surface area (Å²) in [6.07, 6.45) is 4.79. The topological polar surface area (TPSA) is 98.2 Å². The van der Waals surface area contributed by atoms with E-state index in [0.29, 0.717) is 6.54 Å². The van der Waals surface area contributed by atoms with E-state index in [2.05, 4.69) is 20.4 Å². The second-order valence-electron chi connectivity index (χ2n) is 3.67. The molecule has 0 saturated carbocycles. The van der Waals surface area contributed by atoms with Gasteiger partial charge in [-0.15, -0.1) is 5.10 Å². The Labute approximate surface area is 100 Å². The summed E-state index contributed by atoms with van der Waals surface area (Å²) in [5, 5.41) is 20.1. The summed E-state index contributed by atoms with van der Waals surface area (Å²) in [5.74, 6) is -1.10. The van der Waals surface area contributed by atoms with E-state index in [0.717, 1.165) is 11.3 Å². The van der Waals surface area contributed by atoms with Crippen molar-refractivity contribution in [1.82, 2.24) is 29.6 Å². The van der Waals surface area contributed by atoms with Crippen LogP contribution in [0.5, 0.6) is 0 Å². The second kappa shape index (κ2) is 3.91. The summed E-state index contributed by atoms with van der Waals surface area (Å²) >= 11 is 0. The fourth-order valence-electron chi connectivity index (χ4n) is 1.60. The van der Waals surface area contributed by atoms with Crippen LogP contribution in [0.25, 0.3) is 5.65 Å². The number of aromatic nitrogens is 6. The number of carboxylic acid groups (broad SMARTS) is 1. The van der Waals surface area contributed by atoms with E-state index in [1.54, 1.807) is 23.0 Å². The SMILES string of the molecule is O=C(O)c1cn(Cc2cn3ncccc3n2)nn1. The molecule has 0 aliphatic heterocycles. The molecule has 0 fully saturated rings. The lowest BCUT2D eigenvalue weighted by Gasteiger charge is -1.93. The second-order valence-corrected chi connectivity index (χ2v) is 3.67. The van der Waals surface area contributed by atoms with Gasteiger partial charge in [-0.2, -0.15) is 5.10 Å². The van der Waals surface area contributed by atoms with Crippen molar-refractivity contribution in [3.63, 3.8) is 0 Å². The zero-order valence-electron chi connectivity index (χ0n) is 9.13. The Bertz CT molecular complexity index is 683. The van der Waals surface area contributed by atoms with Crippen LogP contribution in [0.15, 0.2) is 30.7 Å². The van der Waals surface area contributed by atoms with Gasteiger partial charge in [-0.25, -0.2) is 19.0 Å². The van der Waals surface area contributed by atoms with Gasteiger partial charge in [-0.3, -0.25) is 0 Å². The third kappa shape index (κ3) is 1.79. The summed E-state index contributed by atoms with van der Waals surface area (Å²) in [7, 11) is 0. The molecule has 0 aromatic carbocycles. The van der Waals surface area contributed by atoms with Gasteiger partial charge in [0.25, 0.3) is 0 Å². The summed E-state index contributed by atoms with van der Waals surface area (Å²) in [6, 6.07) is 3.63. The Hall–Kier alpha value is -2.77. The van der Waals surface area contributed by atoms with Crippen LogP contribution in [0.4, 0.5) is 0 Å². The average molecular weight is 244 g/mol. The van der Waals surface area contributed by atoms with Crippen molar-refractivity contribution < 1.29 is 9.90 Å². The molecule has 3 rings (SSSR count). The van der Waals surface area contributed by atoms with E-state index >= 15 is 0 Å². The first kappa shape index (κ1) is 10.4. The molecule has 0 unspecified atom stereocenters. The van der Waals surface area contributed by atoms with Gasteiger partial charge in [0.05, 0.1) is 24.6 Å². The summed E-state index contributed by atoms with van der Waals surface area (Å²) in [6.45, 7) is 0.351. The number of carbonyl (C=O) groups is 1. The first-order valence-corrected chi connectivity index (χ1v) is 5.15. The largest absolute Gasteiger partial charge is 0.476 e. The number of fused-ring (bicyclic) bond motifs is 1. The van der Waals surface area contributed by atoms with E-state index < -0.39 is 5.97 Å². The fourth-order valence-corrected chi connectivity index (χ4v) is 1.60. The lowest BCUT2D eigenvalue weighted by atomic mass is 10.4. The molecule has 0 radical (unpaired) electrons. The number of hydrogen-bond acceptors (Lipinski definition) is 5. The van der Waals surface area contributed by atoms with E-state index in [-0.39, 0.29) is 5.69 Å². The van der Waals surface area contributed by atoms with Crippen molar-refractivity contribution in [2.24, 2.45) is 0 Å². The highest BCUT2D eigenvalue weighted by Crippen LogP contribution is 2.04. The molecule has 90 valence electrons. The minimum atomic E-state index is -1.10. The van der Waals surface area contributed by atoms with Gasteiger partial charge in [0.2, 0.25) is 0 Å². The van der Waals surface area contributed by atoms with E-state index in [1.807, 2.05) is 6.07 Å². The molecule has 0 spiro atoms. The van der Waals surface area contributed by atoms with Crippen molar-refractivity contribution >= 4 is 11.6 Å². The summed E-state index contributed by atoms with van der Waals surface area (Å²) in [4.78, 5) is 15.0. The molecule has 0 atom stereocenters. The Morgan fingerprint density at radius 2 is 2.28 bits per heavy atom. The van der Waals surface area contributed by atoms with Crippen LogP contribution in [0, 0.1) is 0 Å². The first-order chi connectivity index (χ1) is 8.72. The molecule has 0 aliphatic rings. The van der Waals surface area contributed by atoms with Gasteiger partial charge in [-0.05, 0) is 12.1 Å². The Balaban J connectivity index is 1.88. The number of rotatable bonds is 3. The van der Waals surface area contributed by atoms with Crippen LogP contribution < -0.4 is 0 Å². The average Bonchev–Trinajstić information content (AvgIpc) is 2.94. The lowest BCUT2D eigenvalue weighted by Crippen LogP contribution is -2.00. The van der Waals surface area contributed by atoms with E-state index in [1.165, 1.54) is 10.9 Å². The molecule has 0 saturated heterocycles. The molecule has 18 heavy (non-hydrogen) atoms. The van der Waals surface area contributed by atoms with Crippen molar-refractivity contribution in [3.8, 4) is 0 Å². The zero-order chi connectivity index (χ0) is 12.5. The smallest absolute Gasteiger partial charge is 0.358 e. The van der Waals surface area contributed by atoms with Gasteiger partial charge in [0.15, 0.2) is 11.3 Å². The van der Waals surface area contributed by atoms with Crippen molar-refractivity contribution in [1.29, 1.82) is 0 Å². The monoisotopic (exact) mass is 244 g/mol. The molecule has 8 nitrogen and oxygen atoms in total. The molecule has 8 heteroatoms. The highest BCUT2D eigenvalue weighted by molar-refractivity contribution is 5.84. The minimum Gasteiger partial charge on any atom is -0.476 e. The van der Waals surface area contributed by atoms with Crippen molar-refractivity contribution in [2.45, 2.75) is 6.54 Å². The number of imidazole rings is 1. The van der Waals surface area contributed by atoms with E-state index in [9.17, 15) is 4.79 Å². The van der Waals surface area contributed by atoms with Gasteiger partial charge in [0, 0.05) is 6.20 Å². The number of nitrogens with zero attached hydrogens (tertiary/aromatic N) is 6. The van der Waals surface area contributed by atoms with Crippen molar-refractivity contribution in [2.75, 3.05) is 0 Å². The molecule has 3 heterocycles. The normalized spacial score (nSPS) is 10.9. The van der Waals surface area contributed by atoms with Crippen LogP contribution in [-0.2, 0) is 6.54 Å². The van der Waals surface area contributed by atoms with Gasteiger partial charge in [-0.1, -0.05) is 5.21 Å². The summed E-state index contributed by atoms with van der Waals surface area (Å²) < 4.78 is 3.07. The minimum absolute atomic E-state index is 0.0862. The maximum atomic E-state index is 10.7. The van der Waals surface area contributed by atoms with Crippen LogP contribution in [0.3, 0.4) is 0 Å². The standard InChI is InChI=1S/C10H8N6O2/c17-10(18)8-6-15(14-13-8)4-7-5-16-9(12-7)2-1-3-11-16/h1-3,5-6H,4H2,(H,17,18). The highest BCUT2D eigenvalue weighted by Gasteiger charge is 2.09. The number of aromatic carboxylic acids is 1. The molecule has 1 N–H and O–H groups in total. The maximum Gasteiger partial charge on any atom is 0.358 e. The predicted molar refractivity (Wildman–Crippen MR) is 59.1 cm³/mol. The van der Waals surface area contributed by atoms with Gasteiger partial charge in [0.1, 0.15) is 0 Å². The van der Waals surface area contributed by atoms with Crippen LogP contribution >= 0.6 is 0 Å². The molecule has 3 aromatic heterocycles. The Morgan fingerprint density at radius 3 is 3.00 bits per heavy atom. The number of hydrogen-bond donors (Lipinski definition) is 1. The van der Waals surface area contributed by atoms with Crippen LogP contribution in [0.2, 0.25) is 0 Å². The summed E-state index contributed by atoms with van der Waals surface area (Å²) in [5.41, 5.74) is 1.37. The Morgan fingerprint density at radius 1 is 1.39 bits per heavy atom. The molecular formula is C10H8N6O2. The van der Waals surface area contributed by atoms with Crippen molar-refractivity contribution in [3.05, 3.63) is 42.1 Å². The predicted octanol–water partition coefficient (Wildman–Crippen LogP) is 0.0673. The zero-order valence-corrected chi connectivity index (χ0v) is 9.13. The molecule has 0 aliphatic carbocycles. The van der Waals surface area contributed by atoms with Crippen LogP contribution in [0.1, 0.15) is 16.2 Å². The first-order valence-electron chi connectivity index (χ1n) is 5.15. The van der Waals surface area contributed by atoms with Crippen LogP contribution in [-0.4, -0.2) is 40.7 Å². The molecule has 0 bridgehead atoms. The quantitative estimate of drug-likeness (QED) is 0.699. The van der Waals surface area contributed by atoms with Gasteiger partial charge >= 0.3 is 5.97 Å². The Kier molecular flexibility index (Phi) is 2.26. The third-order valence-electron chi connectivity index (χ3n) is 2.37. The maximum absolute atomic E-state index is 10.7. The van der Waals surface area contributed by atoms with Gasteiger partial charge < -0.3 is 5.11 Å². The fraction of sp³-hybridized carbons (Fsp3) is 0.100. The molecular weight excluding hydrogens is 236 g/mol. The molecule has 0 amide bonds. The highest BCUT2D eigenvalue weighted by atomic mass is 16.4. The lowest BCUT2D eigenvalue weighted by molar-refractivity contribution is 0.0690. The number of carboxylic acids is 1. The van der Waals surface area contributed by atoms with E-state index in [4.69, 9.17) is 5.11 Å². The third-order valence-corrected chi connectivity index (χ3v) is 2.37.